The van der Waals surface area contributed by atoms with Gasteiger partial charge in [0.15, 0.2) is 0 Å². The second kappa shape index (κ2) is 7.12. The minimum absolute atomic E-state index is 0.0808. The first kappa shape index (κ1) is 19.3. The number of hydrogen-bond donors (Lipinski definition) is 1. The van der Waals surface area contributed by atoms with Gasteiger partial charge >= 0.3 is 0 Å². The molecule has 1 aliphatic heterocycles. The zero-order chi connectivity index (χ0) is 19.9. The van der Waals surface area contributed by atoms with Crippen molar-refractivity contribution in [1.29, 1.82) is 0 Å². The SMILES string of the molecule is Cc1ccc(CC(=O)N2CC[C@]3(CCC[C@@H]3C(=O)N[C@H]3CCC3(F)F)C2)cc1. The molecule has 1 aromatic carbocycles. The predicted octanol–water partition coefficient (Wildman–Crippen LogP) is 3.47. The van der Waals surface area contributed by atoms with Crippen LogP contribution in [0.25, 0.3) is 0 Å². The molecule has 3 atom stereocenters. The van der Waals surface area contributed by atoms with Gasteiger partial charge in [-0.3, -0.25) is 9.59 Å². The smallest absolute Gasteiger partial charge is 0.267 e. The fraction of sp³-hybridized carbons (Fsp3) is 0.636. The second-order valence-electron chi connectivity index (χ2n) is 8.90. The van der Waals surface area contributed by atoms with Crippen LogP contribution in [0.5, 0.6) is 0 Å². The Morgan fingerprint density at radius 1 is 1.14 bits per heavy atom. The monoisotopic (exact) mass is 390 g/mol. The number of rotatable bonds is 4. The van der Waals surface area contributed by atoms with Gasteiger partial charge in [0, 0.05) is 30.8 Å². The first-order chi connectivity index (χ1) is 13.3. The van der Waals surface area contributed by atoms with Crippen LogP contribution < -0.4 is 5.32 Å². The summed E-state index contributed by atoms with van der Waals surface area (Å²) in [4.78, 5) is 27.4. The Morgan fingerprint density at radius 3 is 2.54 bits per heavy atom. The van der Waals surface area contributed by atoms with Gasteiger partial charge in [0.05, 0.1) is 12.5 Å². The Balaban J connectivity index is 1.38. The molecule has 6 heteroatoms. The van der Waals surface area contributed by atoms with Crippen LogP contribution in [0.2, 0.25) is 0 Å². The largest absolute Gasteiger partial charge is 0.347 e. The van der Waals surface area contributed by atoms with Gasteiger partial charge in [-0.2, -0.15) is 0 Å². The van der Waals surface area contributed by atoms with Crippen LogP contribution in [-0.2, 0) is 16.0 Å². The molecule has 2 aliphatic carbocycles. The molecule has 4 nitrogen and oxygen atoms in total. The van der Waals surface area contributed by atoms with Crippen molar-refractivity contribution >= 4 is 11.8 Å². The number of nitrogens with one attached hydrogen (secondary N) is 1. The van der Waals surface area contributed by atoms with Crippen LogP contribution in [0.3, 0.4) is 0 Å². The van der Waals surface area contributed by atoms with Crippen LogP contribution in [0.4, 0.5) is 8.78 Å². The van der Waals surface area contributed by atoms with E-state index in [0.29, 0.717) is 25.9 Å². The maximum absolute atomic E-state index is 13.6. The summed E-state index contributed by atoms with van der Waals surface area (Å²) in [7, 11) is 0. The number of carbonyl (C=O) groups excluding carboxylic acids is 2. The number of alkyl halides is 2. The highest BCUT2D eigenvalue weighted by atomic mass is 19.3. The lowest BCUT2D eigenvalue weighted by Crippen LogP contribution is -2.57. The lowest BCUT2D eigenvalue weighted by atomic mass is 9.76. The summed E-state index contributed by atoms with van der Waals surface area (Å²) in [5, 5.41) is 2.60. The van der Waals surface area contributed by atoms with E-state index in [2.05, 4.69) is 5.32 Å². The van der Waals surface area contributed by atoms with E-state index >= 15 is 0 Å². The molecule has 1 saturated heterocycles. The van der Waals surface area contributed by atoms with E-state index in [1.54, 1.807) is 0 Å². The summed E-state index contributed by atoms with van der Waals surface area (Å²) in [5.41, 5.74) is 1.91. The minimum atomic E-state index is -2.77. The van der Waals surface area contributed by atoms with E-state index in [-0.39, 0.29) is 29.6 Å². The van der Waals surface area contributed by atoms with Gasteiger partial charge in [-0.1, -0.05) is 36.2 Å². The molecular weight excluding hydrogens is 362 g/mol. The van der Waals surface area contributed by atoms with E-state index in [1.807, 2.05) is 36.1 Å². The number of nitrogens with zero attached hydrogens (tertiary/aromatic N) is 1. The summed E-state index contributed by atoms with van der Waals surface area (Å²) in [6.45, 7) is 3.23. The third-order valence-electron chi connectivity index (χ3n) is 7.03. The van der Waals surface area contributed by atoms with E-state index in [4.69, 9.17) is 0 Å². The van der Waals surface area contributed by atoms with Gasteiger partial charge in [-0.15, -0.1) is 0 Å². The molecule has 0 aromatic heterocycles. The van der Waals surface area contributed by atoms with Gasteiger partial charge in [0.25, 0.3) is 5.92 Å². The maximum Gasteiger partial charge on any atom is 0.267 e. The Bertz CT molecular complexity index is 764. The number of likely N-dealkylation sites (tertiary alicyclic amines) is 1. The highest BCUT2D eigenvalue weighted by molar-refractivity contribution is 5.82. The summed E-state index contributed by atoms with van der Waals surface area (Å²) in [6.07, 6.45) is 3.88. The highest BCUT2D eigenvalue weighted by Gasteiger charge is 2.54. The number of benzene rings is 1. The van der Waals surface area contributed by atoms with Crippen LogP contribution in [0.1, 0.15) is 49.7 Å². The van der Waals surface area contributed by atoms with Crippen molar-refractivity contribution in [3.8, 4) is 0 Å². The van der Waals surface area contributed by atoms with Gasteiger partial charge in [-0.25, -0.2) is 8.78 Å². The lowest BCUT2D eigenvalue weighted by molar-refractivity contribution is -0.142. The molecule has 1 heterocycles. The average Bonchev–Trinajstić information content (AvgIpc) is 3.28. The first-order valence-corrected chi connectivity index (χ1v) is 10.3. The van der Waals surface area contributed by atoms with E-state index in [1.165, 1.54) is 0 Å². The summed E-state index contributed by atoms with van der Waals surface area (Å²) < 4.78 is 27.1. The number of carbonyl (C=O) groups is 2. The summed E-state index contributed by atoms with van der Waals surface area (Å²) in [6, 6.07) is 6.94. The van der Waals surface area contributed by atoms with Crippen molar-refractivity contribution in [2.45, 2.75) is 63.8 Å². The first-order valence-electron chi connectivity index (χ1n) is 10.3. The summed E-state index contributed by atoms with van der Waals surface area (Å²) >= 11 is 0. The molecule has 3 aliphatic rings. The standard InChI is InChI=1S/C22H28F2N2O2/c1-15-4-6-16(7-5-15)13-19(27)26-12-11-21(14-26)9-2-3-17(21)20(28)25-18-8-10-22(18,23)24/h4-7,17-18H,2-3,8-14H2,1H3,(H,25,28)/t17-,18+,21-/m1/s1. The minimum Gasteiger partial charge on any atom is -0.347 e. The normalized spacial score (nSPS) is 31.0. The molecule has 2 amide bonds. The molecule has 4 rings (SSSR count). The van der Waals surface area contributed by atoms with Crippen LogP contribution in [0.15, 0.2) is 24.3 Å². The maximum atomic E-state index is 13.6. The quantitative estimate of drug-likeness (QED) is 0.856. The molecule has 2 saturated carbocycles. The second-order valence-corrected chi connectivity index (χ2v) is 8.90. The molecule has 1 N–H and O–H groups in total. The van der Waals surface area contributed by atoms with Crippen molar-refractivity contribution in [2.24, 2.45) is 11.3 Å². The number of amides is 2. The molecule has 0 bridgehead atoms. The van der Waals surface area contributed by atoms with Crippen LogP contribution in [-0.4, -0.2) is 41.8 Å². The van der Waals surface area contributed by atoms with Gasteiger partial charge < -0.3 is 10.2 Å². The Hall–Kier alpha value is -1.98. The molecule has 28 heavy (non-hydrogen) atoms. The van der Waals surface area contributed by atoms with Crippen LogP contribution >= 0.6 is 0 Å². The van der Waals surface area contributed by atoms with Crippen molar-refractivity contribution in [1.82, 2.24) is 10.2 Å². The van der Waals surface area contributed by atoms with Crippen molar-refractivity contribution in [3.63, 3.8) is 0 Å². The lowest BCUT2D eigenvalue weighted by Gasteiger charge is -2.39. The Kier molecular flexibility index (Phi) is 4.92. The molecule has 1 aromatic rings. The predicted molar refractivity (Wildman–Crippen MR) is 102 cm³/mol. The topological polar surface area (TPSA) is 49.4 Å². The zero-order valence-electron chi connectivity index (χ0n) is 16.3. The van der Waals surface area contributed by atoms with E-state index < -0.39 is 12.0 Å². The Morgan fingerprint density at radius 2 is 1.89 bits per heavy atom. The molecule has 152 valence electrons. The average molecular weight is 390 g/mol. The molecule has 0 unspecified atom stereocenters. The number of aryl methyl sites for hydroxylation is 1. The van der Waals surface area contributed by atoms with Gasteiger partial charge in [0.1, 0.15) is 0 Å². The zero-order valence-corrected chi connectivity index (χ0v) is 16.3. The van der Waals surface area contributed by atoms with E-state index in [0.717, 1.165) is 36.8 Å². The van der Waals surface area contributed by atoms with Crippen LogP contribution in [0, 0.1) is 18.3 Å². The molecular formula is C22H28F2N2O2. The fourth-order valence-electron chi connectivity index (χ4n) is 5.09. The van der Waals surface area contributed by atoms with Crippen molar-refractivity contribution < 1.29 is 18.4 Å². The number of halogens is 2. The van der Waals surface area contributed by atoms with Gasteiger partial charge in [-0.05, 0) is 38.2 Å². The van der Waals surface area contributed by atoms with Gasteiger partial charge in [0.2, 0.25) is 11.8 Å². The molecule has 1 spiro atoms. The molecule has 0 radical (unpaired) electrons. The fourth-order valence-corrected chi connectivity index (χ4v) is 5.09. The Labute approximate surface area is 164 Å². The highest BCUT2D eigenvalue weighted by Crippen LogP contribution is 2.50. The van der Waals surface area contributed by atoms with E-state index in [9.17, 15) is 18.4 Å². The third-order valence-corrected chi connectivity index (χ3v) is 7.03. The number of hydrogen-bond acceptors (Lipinski definition) is 2. The molecule has 3 fully saturated rings. The summed E-state index contributed by atoms with van der Waals surface area (Å²) in [5.74, 6) is -3.19. The third kappa shape index (κ3) is 3.53. The van der Waals surface area contributed by atoms with Crippen molar-refractivity contribution in [2.75, 3.05) is 13.1 Å². The van der Waals surface area contributed by atoms with Crippen molar-refractivity contribution in [3.05, 3.63) is 35.4 Å².